The van der Waals surface area contributed by atoms with Crippen LogP contribution in [0.5, 0.6) is 0 Å². The van der Waals surface area contributed by atoms with Crippen LogP contribution in [0.25, 0.3) is 16.9 Å². The van der Waals surface area contributed by atoms with Gasteiger partial charge in [0.05, 0.1) is 16.3 Å². The molecule has 1 N–H and O–H groups in total. The zero-order chi connectivity index (χ0) is 14.6. The second-order valence-corrected chi connectivity index (χ2v) is 6.53. The molecule has 0 saturated heterocycles. The minimum Gasteiger partial charge on any atom is -0.289 e. The summed E-state index contributed by atoms with van der Waals surface area (Å²) in [5.74, 6) is 0.953. The van der Waals surface area contributed by atoms with E-state index in [0.717, 1.165) is 45.2 Å². The van der Waals surface area contributed by atoms with E-state index >= 15 is 0 Å². The summed E-state index contributed by atoms with van der Waals surface area (Å²) >= 11 is 1.61. The molecule has 0 atom stereocenters. The molecule has 5 heteroatoms. The fraction of sp³-hybridized carbons (Fsp3) is 0.250. The third-order valence-electron chi connectivity index (χ3n) is 3.97. The van der Waals surface area contributed by atoms with Crippen molar-refractivity contribution < 1.29 is 0 Å². The molecule has 1 aromatic carbocycles. The van der Waals surface area contributed by atoms with Crippen molar-refractivity contribution in [3.05, 3.63) is 51.4 Å². The molecule has 0 fully saturated rings. The van der Waals surface area contributed by atoms with Crippen LogP contribution in [0.3, 0.4) is 0 Å². The van der Waals surface area contributed by atoms with Crippen LogP contribution in [0.15, 0.2) is 34.0 Å². The van der Waals surface area contributed by atoms with Gasteiger partial charge >= 0.3 is 0 Å². The van der Waals surface area contributed by atoms with Crippen LogP contribution in [-0.2, 0) is 6.42 Å². The molecular weight excluding hydrogens is 282 g/mol. The van der Waals surface area contributed by atoms with E-state index in [1.807, 2.05) is 6.92 Å². The Balaban J connectivity index is 2.00. The standard InChI is InChI=1S/C16H15N3OS/c1-9-3-5-11(6-4-9)13-10(2)15-17-12-7-8-21-14(12)16(20)19(15)18-13/h3-6,18H,7-8H2,1-2H3. The van der Waals surface area contributed by atoms with Gasteiger partial charge in [0.15, 0.2) is 5.65 Å². The Bertz CT molecular complexity index is 906. The number of hydrogen-bond donors (Lipinski definition) is 1. The van der Waals surface area contributed by atoms with E-state index in [0.29, 0.717) is 0 Å². The number of thioether (sulfide) groups is 1. The maximum absolute atomic E-state index is 12.5. The molecule has 4 rings (SSSR count). The highest BCUT2D eigenvalue weighted by Gasteiger charge is 2.21. The molecule has 0 unspecified atom stereocenters. The molecular formula is C16H15N3OS. The maximum Gasteiger partial charge on any atom is 0.286 e. The average molecular weight is 297 g/mol. The molecule has 21 heavy (non-hydrogen) atoms. The molecule has 0 bridgehead atoms. The van der Waals surface area contributed by atoms with Crippen molar-refractivity contribution >= 4 is 17.4 Å². The second-order valence-electron chi connectivity index (χ2n) is 5.43. The first-order valence-corrected chi connectivity index (χ1v) is 7.98. The zero-order valence-corrected chi connectivity index (χ0v) is 12.8. The van der Waals surface area contributed by atoms with E-state index in [1.54, 1.807) is 16.3 Å². The third kappa shape index (κ3) is 1.84. The predicted molar refractivity (Wildman–Crippen MR) is 85.2 cm³/mol. The van der Waals surface area contributed by atoms with Crippen molar-refractivity contribution in [2.45, 2.75) is 25.2 Å². The summed E-state index contributed by atoms with van der Waals surface area (Å²) in [6.07, 6.45) is 0.885. The number of aromatic amines is 1. The Morgan fingerprint density at radius 3 is 2.76 bits per heavy atom. The van der Waals surface area contributed by atoms with Gasteiger partial charge in [0.2, 0.25) is 0 Å². The first kappa shape index (κ1) is 12.7. The van der Waals surface area contributed by atoms with E-state index in [2.05, 4.69) is 36.3 Å². The van der Waals surface area contributed by atoms with Gasteiger partial charge < -0.3 is 0 Å². The number of rotatable bonds is 1. The van der Waals surface area contributed by atoms with Gasteiger partial charge in [0.25, 0.3) is 5.56 Å². The lowest BCUT2D eigenvalue weighted by atomic mass is 10.1. The Labute approximate surface area is 126 Å². The van der Waals surface area contributed by atoms with E-state index in [-0.39, 0.29) is 5.56 Å². The van der Waals surface area contributed by atoms with Crippen molar-refractivity contribution in [1.29, 1.82) is 0 Å². The fourth-order valence-corrected chi connectivity index (χ4v) is 3.81. The van der Waals surface area contributed by atoms with Crippen LogP contribution < -0.4 is 5.56 Å². The van der Waals surface area contributed by atoms with Crippen LogP contribution in [0.2, 0.25) is 0 Å². The lowest BCUT2D eigenvalue weighted by Crippen LogP contribution is -2.17. The number of aromatic nitrogens is 3. The topological polar surface area (TPSA) is 50.2 Å². The number of hydrogen-bond acceptors (Lipinski definition) is 3. The lowest BCUT2D eigenvalue weighted by molar-refractivity contribution is 0.846. The molecule has 1 aliphatic rings. The summed E-state index contributed by atoms with van der Waals surface area (Å²) in [5.41, 5.74) is 6.01. The average Bonchev–Trinajstić information content (AvgIpc) is 3.07. The number of aryl methyl sites for hydroxylation is 3. The maximum atomic E-state index is 12.5. The van der Waals surface area contributed by atoms with Gasteiger partial charge in [-0.25, -0.2) is 4.98 Å². The Kier molecular flexibility index (Phi) is 2.72. The summed E-state index contributed by atoms with van der Waals surface area (Å²) in [6.45, 7) is 4.08. The highest BCUT2D eigenvalue weighted by Crippen LogP contribution is 2.29. The van der Waals surface area contributed by atoms with Gasteiger partial charge in [0.1, 0.15) is 0 Å². The summed E-state index contributed by atoms with van der Waals surface area (Å²) in [7, 11) is 0. The van der Waals surface area contributed by atoms with Crippen LogP contribution in [-0.4, -0.2) is 20.4 Å². The fourth-order valence-electron chi connectivity index (χ4n) is 2.78. The van der Waals surface area contributed by atoms with Gasteiger partial charge in [-0.15, -0.1) is 11.8 Å². The van der Waals surface area contributed by atoms with Gasteiger partial charge in [-0.2, -0.15) is 4.52 Å². The summed E-state index contributed by atoms with van der Waals surface area (Å²) < 4.78 is 1.58. The van der Waals surface area contributed by atoms with Crippen molar-refractivity contribution in [1.82, 2.24) is 14.6 Å². The van der Waals surface area contributed by atoms with Gasteiger partial charge in [-0.05, 0) is 19.4 Å². The van der Waals surface area contributed by atoms with E-state index in [9.17, 15) is 4.79 Å². The first-order chi connectivity index (χ1) is 10.1. The van der Waals surface area contributed by atoms with Crippen molar-refractivity contribution in [3.8, 4) is 11.3 Å². The minimum atomic E-state index is 0.0268. The van der Waals surface area contributed by atoms with Crippen molar-refractivity contribution in [2.75, 3.05) is 5.75 Å². The van der Waals surface area contributed by atoms with Crippen LogP contribution in [0.4, 0.5) is 0 Å². The second kappa shape index (κ2) is 4.49. The third-order valence-corrected chi connectivity index (χ3v) is 5.08. The number of nitrogens with zero attached hydrogens (tertiary/aromatic N) is 2. The highest BCUT2D eigenvalue weighted by molar-refractivity contribution is 7.99. The predicted octanol–water partition coefficient (Wildman–Crippen LogP) is 2.95. The number of nitrogens with one attached hydrogen (secondary N) is 1. The highest BCUT2D eigenvalue weighted by atomic mass is 32.2. The van der Waals surface area contributed by atoms with E-state index in [4.69, 9.17) is 4.98 Å². The Morgan fingerprint density at radius 2 is 2.00 bits per heavy atom. The number of fused-ring (bicyclic) bond motifs is 2. The molecule has 1 aliphatic heterocycles. The first-order valence-electron chi connectivity index (χ1n) is 6.99. The van der Waals surface area contributed by atoms with Crippen molar-refractivity contribution in [2.24, 2.45) is 0 Å². The van der Waals surface area contributed by atoms with Crippen LogP contribution in [0.1, 0.15) is 16.8 Å². The SMILES string of the molecule is Cc1ccc(-c2[nH]n3c(=O)c4c(nc3c2C)CCS4)cc1. The molecule has 0 spiro atoms. The quantitative estimate of drug-likeness (QED) is 0.751. The molecule has 0 radical (unpaired) electrons. The summed E-state index contributed by atoms with van der Waals surface area (Å²) in [4.78, 5) is 18.0. The van der Waals surface area contributed by atoms with E-state index < -0.39 is 0 Å². The molecule has 2 aromatic heterocycles. The van der Waals surface area contributed by atoms with Gasteiger partial charge in [-0.1, -0.05) is 29.8 Å². The Hall–Kier alpha value is -2.01. The van der Waals surface area contributed by atoms with Crippen molar-refractivity contribution in [3.63, 3.8) is 0 Å². The Morgan fingerprint density at radius 1 is 1.24 bits per heavy atom. The molecule has 0 saturated carbocycles. The molecule has 4 nitrogen and oxygen atoms in total. The summed E-state index contributed by atoms with van der Waals surface area (Å²) in [6, 6.07) is 8.29. The smallest absolute Gasteiger partial charge is 0.286 e. The van der Waals surface area contributed by atoms with Crippen LogP contribution in [0, 0.1) is 13.8 Å². The van der Waals surface area contributed by atoms with Crippen LogP contribution >= 0.6 is 11.8 Å². The largest absolute Gasteiger partial charge is 0.289 e. The zero-order valence-electron chi connectivity index (χ0n) is 11.9. The van der Waals surface area contributed by atoms with Gasteiger partial charge in [-0.3, -0.25) is 9.89 Å². The van der Waals surface area contributed by atoms with E-state index in [1.165, 1.54) is 5.56 Å². The monoisotopic (exact) mass is 297 g/mol. The number of benzene rings is 1. The molecule has 0 amide bonds. The molecule has 3 heterocycles. The summed E-state index contributed by atoms with van der Waals surface area (Å²) in [5, 5.41) is 3.23. The molecule has 106 valence electrons. The molecule has 0 aliphatic carbocycles. The van der Waals surface area contributed by atoms with Gasteiger partial charge in [0, 0.05) is 17.7 Å². The minimum absolute atomic E-state index is 0.0268. The molecule has 3 aromatic rings. The normalized spacial score (nSPS) is 13.8. The number of H-pyrrole nitrogens is 1. The lowest BCUT2D eigenvalue weighted by Gasteiger charge is -1.99.